The molecular weight excluding hydrogens is 260 g/mol. The first-order valence-electron chi connectivity index (χ1n) is 6.74. The fourth-order valence-corrected chi connectivity index (χ4v) is 2.24. The van der Waals surface area contributed by atoms with E-state index in [0.717, 1.165) is 13.1 Å². The van der Waals surface area contributed by atoms with E-state index in [4.69, 9.17) is 14.2 Å². The standard InChI is InChI=1S/C14H18N2O4/c1-18-11-4-10(5-12-13(11)20-3-2-19-12)14(17)16-8-9-6-15-7-9/h4-5,9,15H,2-3,6-8H2,1H3,(H,16,17). The zero-order chi connectivity index (χ0) is 13.9. The van der Waals surface area contributed by atoms with Crippen LogP contribution in [0.25, 0.3) is 0 Å². The van der Waals surface area contributed by atoms with E-state index in [0.29, 0.717) is 48.5 Å². The summed E-state index contributed by atoms with van der Waals surface area (Å²) < 4.78 is 16.3. The summed E-state index contributed by atoms with van der Waals surface area (Å²) in [5.41, 5.74) is 0.526. The van der Waals surface area contributed by atoms with Gasteiger partial charge in [-0.05, 0) is 12.1 Å². The fourth-order valence-electron chi connectivity index (χ4n) is 2.24. The Morgan fingerprint density at radius 2 is 2.20 bits per heavy atom. The van der Waals surface area contributed by atoms with Crippen LogP contribution in [-0.2, 0) is 0 Å². The van der Waals surface area contributed by atoms with Gasteiger partial charge in [0.2, 0.25) is 5.75 Å². The monoisotopic (exact) mass is 278 g/mol. The molecule has 6 nitrogen and oxygen atoms in total. The van der Waals surface area contributed by atoms with E-state index in [1.807, 2.05) is 0 Å². The highest BCUT2D eigenvalue weighted by Crippen LogP contribution is 2.40. The van der Waals surface area contributed by atoms with E-state index in [-0.39, 0.29) is 5.91 Å². The Morgan fingerprint density at radius 1 is 1.40 bits per heavy atom. The van der Waals surface area contributed by atoms with Gasteiger partial charge < -0.3 is 24.8 Å². The highest BCUT2D eigenvalue weighted by atomic mass is 16.6. The number of carbonyl (C=O) groups excluding carboxylic acids is 1. The summed E-state index contributed by atoms with van der Waals surface area (Å²) in [5.74, 6) is 2.06. The van der Waals surface area contributed by atoms with E-state index in [2.05, 4.69) is 10.6 Å². The summed E-state index contributed by atoms with van der Waals surface area (Å²) in [4.78, 5) is 12.2. The number of ether oxygens (including phenoxy) is 3. The van der Waals surface area contributed by atoms with Crippen LogP contribution in [0.2, 0.25) is 0 Å². The first kappa shape index (κ1) is 13.1. The largest absolute Gasteiger partial charge is 0.493 e. The summed E-state index contributed by atoms with van der Waals surface area (Å²) in [5, 5.41) is 6.10. The van der Waals surface area contributed by atoms with Crippen molar-refractivity contribution < 1.29 is 19.0 Å². The van der Waals surface area contributed by atoms with Crippen molar-refractivity contribution in [1.29, 1.82) is 0 Å². The number of benzene rings is 1. The molecule has 1 amide bonds. The number of nitrogens with one attached hydrogen (secondary N) is 2. The molecule has 108 valence electrons. The summed E-state index contributed by atoms with van der Waals surface area (Å²) in [7, 11) is 1.55. The van der Waals surface area contributed by atoms with Crippen molar-refractivity contribution in [3.8, 4) is 17.2 Å². The minimum atomic E-state index is -0.118. The minimum Gasteiger partial charge on any atom is -0.493 e. The zero-order valence-corrected chi connectivity index (χ0v) is 11.4. The highest BCUT2D eigenvalue weighted by Gasteiger charge is 2.22. The topological polar surface area (TPSA) is 68.8 Å². The van der Waals surface area contributed by atoms with Gasteiger partial charge in [-0.1, -0.05) is 0 Å². The van der Waals surface area contributed by atoms with Gasteiger partial charge in [0.25, 0.3) is 5.91 Å². The maximum absolute atomic E-state index is 12.2. The van der Waals surface area contributed by atoms with Gasteiger partial charge in [-0.25, -0.2) is 0 Å². The Kier molecular flexibility index (Phi) is 3.64. The molecule has 0 saturated carbocycles. The summed E-state index contributed by atoms with van der Waals surface area (Å²) in [6.07, 6.45) is 0. The zero-order valence-electron chi connectivity index (χ0n) is 11.4. The molecule has 1 saturated heterocycles. The SMILES string of the molecule is COc1cc(C(=O)NCC2CNC2)cc2c1OCCO2. The van der Waals surface area contributed by atoms with Crippen LogP contribution in [0.5, 0.6) is 17.2 Å². The van der Waals surface area contributed by atoms with Gasteiger partial charge in [-0.2, -0.15) is 0 Å². The molecule has 2 heterocycles. The van der Waals surface area contributed by atoms with E-state index < -0.39 is 0 Å². The number of fused-ring (bicyclic) bond motifs is 1. The third kappa shape index (κ3) is 2.51. The number of carbonyl (C=O) groups is 1. The smallest absolute Gasteiger partial charge is 0.251 e. The molecule has 0 bridgehead atoms. The van der Waals surface area contributed by atoms with Crippen LogP contribution in [-0.4, -0.2) is 45.9 Å². The van der Waals surface area contributed by atoms with Gasteiger partial charge in [0, 0.05) is 31.1 Å². The molecule has 1 aromatic rings. The number of hydrogen-bond donors (Lipinski definition) is 2. The molecule has 0 unspecified atom stereocenters. The predicted molar refractivity (Wildman–Crippen MR) is 72.7 cm³/mol. The second kappa shape index (κ2) is 5.58. The van der Waals surface area contributed by atoms with Crippen LogP contribution in [0.4, 0.5) is 0 Å². The Balaban J connectivity index is 1.76. The van der Waals surface area contributed by atoms with Crippen molar-refractivity contribution in [3.05, 3.63) is 17.7 Å². The third-order valence-corrected chi connectivity index (χ3v) is 3.51. The maximum Gasteiger partial charge on any atom is 0.251 e. The van der Waals surface area contributed by atoms with Crippen LogP contribution < -0.4 is 24.8 Å². The van der Waals surface area contributed by atoms with Gasteiger partial charge >= 0.3 is 0 Å². The molecule has 1 aromatic carbocycles. The summed E-state index contributed by atoms with van der Waals surface area (Å²) in [6.45, 7) is 3.58. The number of amides is 1. The molecule has 20 heavy (non-hydrogen) atoms. The van der Waals surface area contributed by atoms with Crippen LogP contribution in [0.1, 0.15) is 10.4 Å². The number of methoxy groups -OCH3 is 1. The molecule has 3 rings (SSSR count). The van der Waals surface area contributed by atoms with Crippen molar-refractivity contribution in [2.75, 3.05) is 40.0 Å². The normalized spacial score (nSPS) is 17.2. The van der Waals surface area contributed by atoms with E-state index in [1.54, 1.807) is 19.2 Å². The molecule has 2 aliphatic heterocycles. The minimum absolute atomic E-state index is 0.118. The Hall–Kier alpha value is -1.95. The molecule has 0 atom stereocenters. The molecular formula is C14H18N2O4. The average molecular weight is 278 g/mol. The van der Waals surface area contributed by atoms with Crippen molar-refractivity contribution in [2.24, 2.45) is 5.92 Å². The quantitative estimate of drug-likeness (QED) is 0.835. The average Bonchev–Trinajstić information content (AvgIpc) is 2.44. The maximum atomic E-state index is 12.2. The lowest BCUT2D eigenvalue weighted by molar-refractivity contribution is 0.0940. The highest BCUT2D eigenvalue weighted by molar-refractivity contribution is 5.95. The number of hydrogen-bond acceptors (Lipinski definition) is 5. The lowest BCUT2D eigenvalue weighted by Gasteiger charge is -2.27. The Morgan fingerprint density at radius 3 is 2.90 bits per heavy atom. The van der Waals surface area contributed by atoms with Gasteiger partial charge in [0.15, 0.2) is 11.5 Å². The third-order valence-electron chi connectivity index (χ3n) is 3.51. The Bertz CT molecular complexity index is 497. The first-order valence-corrected chi connectivity index (χ1v) is 6.74. The molecule has 0 aliphatic carbocycles. The summed E-state index contributed by atoms with van der Waals surface area (Å²) >= 11 is 0. The number of rotatable bonds is 4. The molecule has 0 radical (unpaired) electrons. The molecule has 1 fully saturated rings. The van der Waals surface area contributed by atoms with E-state index in [1.165, 1.54) is 0 Å². The van der Waals surface area contributed by atoms with Gasteiger partial charge in [-0.3, -0.25) is 4.79 Å². The second-order valence-corrected chi connectivity index (χ2v) is 4.94. The predicted octanol–water partition coefficient (Wildman–Crippen LogP) is 0.416. The Labute approximate surface area is 117 Å². The lowest BCUT2D eigenvalue weighted by atomic mass is 10.0. The molecule has 6 heteroatoms. The van der Waals surface area contributed by atoms with E-state index >= 15 is 0 Å². The van der Waals surface area contributed by atoms with Crippen LogP contribution in [0.15, 0.2) is 12.1 Å². The van der Waals surface area contributed by atoms with Gasteiger partial charge in [0.05, 0.1) is 7.11 Å². The lowest BCUT2D eigenvalue weighted by Crippen LogP contribution is -2.48. The van der Waals surface area contributed by atoms with Crippen LogP contribution >= 0.6 is 0 Å². The fraction of sp³-hybridized carbons (Fsp3) is 0.500. The molecule has 2 aliphatic rings. The summed E-state index contributed by atoms with van der Waals surface area (Å²) in [6, 6.07) is 3.38. The van der Waals surface area contributed by atoms with Crippen LogP contribution in [0.3, 0.4) is 0 Å². The van der Waals surface area contributed by atoms with Gasteiger partial charge in [0.1, 0.15) is 13.2 Å². The van der Waals surface area contributed by atoms with Crippen molar-refractivity contribution in [2.45, 2.75) is 0 Å². The van der Waals surface area contributed by atoms with Gasteiger partial charge in [-0.15, -0.1) is 0 Å². The molecule has 2 N–H and O–H groups in total. The molecule has 0 aromatic heterocycles. The van der Waals surface area contributed by atoms with E-state index in [9.17, 15) is 4.79 Å². The second-order valence-electron chi connectivity index (χ2n) is 4.94. The van der Waals surface area contributed by atoms with Crippen molar-refractivity contribution >= 4 is 5.91 Å². The molecule has 0 spiro atoms. The van der Waals surface area contributed by atoms with Crippen molar-refractivity contribution in [3.63, 3.8) is 0 Å². The van der Waals surface area contributed by atoms with Crippen LogP contribution in [0, 0.1) is 5.92 Å². The van der Waals surface area contributed by atoms with Crippen molar-refractivity contribution in [1.82, 2.24) is 10.6 Å². The first-order chi connectivity index (χ1) is 9.78.